The van der Waals surface area contributed by atoms with E-state index >= 15 is 13.2 Å². The van der Waals surface area contributed by atoms with Gasteiger partial charge in [-0.25, -0.2) is 13.2 Å². The third-order valence-corrected chi connectivity index (χ3v) is 9.15. The SMILES string of the molecule is Cc1ccc(C(NC2=N[C@](C)(c3cc(Cc4ccc(C#N)cc4)ccc3F)C(F)(F)COC2)(c2ccccc2)c2ccc(C)cc2)cc1. The maximum absolute atomic E-state index is 16.2. The van der Waals surface area contributed by atoms with E-state index in [9.17, 15) is 0 Å². The van der Waals surface area contributed by atoms with E-state index in [4.69, 9.17) is 15.0 Å². The average molecular weight is 644 g/mol. The smallest absolute Gasteiger partial charge is 0.299 e. The lowest BCUT2D eigenvalue weighted by Gasteiger charge is -2.39. The summed E-state index contributed by atoms with van der Waals surface area (Å²) in [6.07, 6.45) is 0.365. The predicted molar refractivity (Wildman–Crippen MR) is 183 cm³/mol. The highest BCUT2D eigenvalue weighted by Gasteiger charge is 2.55. The van der Waals surface area contributed by atoms with Gasteiger partial charge in [-0.3, -0.25) is 4.99 Å². The molecule has 7 heteroatoms. The van der Waals surface area contributed by atoms with Crippen LogP contribution >= 0.6 is 0 Å². The van der Waals surface area contributed by atoms with E-state index < -0.39 is 29.4 Å². The van der Waals surface area contributed by atoms with E-state index in [1.807, 2.05) is 92.7 Å². The molecule has 4 nitrogen and oxygen atoms in total. The largest absolute Gasteiger partial charge is 0.367 e. The molecule has 0 fully saturated rings. The predicted octanol–water partition coefficient (Wildman–Crippen LogP) is 8.77. The number of nitriles is 1. The van der Waals surface area contributed by atoms with Gasteiger partial charge in [0.2, 0.25) is 0 Å². The van der Waals surface area contributed by atoms with Crippen LogP contribution in [0.5, 0.6) is 0 Å². The van der Waals surface area contributed by atoms with Crippen molar-refractivity contribution in [3.8, 4) is 6.07 Å². The number of alkyl halides is 2. The van der Waals surface area contributed by atoms with Gasteiger partial charge in [0.05, 0.1) is 11.6 Å². The van der Waals surface area contributed by atoms with Gasteiger partial charge in [-0.05, 0) is 79.3 Å². The van der Waals surface area contributed by atoms with Gasteiger partial charge >= 0.3 is 0 Å². The van der Waals surface area contributed by atoms with Crippen LogP contribution in [0.25, 0.3) is 0 Å². The van der Waals surface area contributed by atoms with Crippen molar-refractivity contribution < 1.29 is 17.9 Å². The van der Waals surface area contributed by atoms with Crippen molar-refractivity contribution in [3.05, 3.63) is 177 Å². The minimum Gasteiger partial charge on any atom is -0.367 e. The lowest BCUT2D eigenvalue weighted by Crippen LogP contribution is -2.50. The molecular formula is C41H36F3N3O. The quantitative estimate of drug-likeness (QED) is 0.181. The fraction of sp³-hybridized carbons (Fsp3) is 0.220. The molecule has 242 valence electrons. The van der Waals surface area contributed by atoms with Crippen LogP contribution < -0.4 is 5.32 Å². The molecule has 0 saturated heterocycles. The van der Waals surface area contributed by atoms with Crippen molar-refractivity contribution in [1.29, 1.82) is 5.26 Å². The van der Waals surface area contributed by atoms with E-state index in [0.717, 1.165) is 33.4 Å². The normalized spacial score (nSPS) is 17.6. The molecule has 5 aromatic carbocycles. The Morgan fingerprint density at radius 2 is 1.35 bits per heavy atom. The number of aliphatic imine (C=N–C) groups is 1. The summed E-state index contributed by atoms with van der Waals surface area (Å²) in [4.78, 5) is 4.71. The van der Waals surface area contributed by atoms with Gasteiger partial charge in [0, 0.05) is 5.56 Å². The summed E-state index contributed by atoms with van der Waals surface area (Å²) in [5, 5.41) is 12.7. The number of aryl methyl sites for hydroxylation is 2. The van der Waals surface area contributed by atoms with Gasteiger partial charge in [0.25, 0.3) is 5.92 Å². The lowest BCUT2D eigenvalue weighted by molar-refractivity contribution is -0.116. The summed E-state index contributed by atoms with van der Waals surface area (Å²) >= 11 is 0. The van der Waals surface area contributed by atoms with Gasteiger partial charge in [0.1, 0.15) is 30.4 Å². The Bertz CT molecular complexity index is 1920. The number of rotatable bonds is 7. The van der Waals surface area contributed by atoms with Crippen LogP contribution in [0.15, 0.2) is 126 Å². The summed E-state index contributed by atoms with van der Waals surface area (Å²) < 4.78 is 53.8. The Morgan fingerprint density at radius 3 is 1.94 bits per heavy atom. The molecule has 1 heterocycles. The molecule has 1 aliphatic heterocycles. The number of ether oxygens (including phenoxy) is 1. The van der Waals surface area contributed by atoms with Crippen LogP contribution in [-0.2, 0) is 22.2 Å². The van der Waals surface area contributed by atoms with E-state index in [0.29, 0.717) is 17.5 Å². The molecule has 0 bridgehead atoms. The highest BCUT2D eigenvalue weighted by molar-refractivity contribution is 5.86. The lowest BCUT2D eigenvalue weighted by atomic mass is 9.76. The molecule has 6 rings (SSSR count). The van der Waals surface area contributed by atoms with E-state index in [1.165, 1.54) is 19.1 Å². The van der Waals surface area contributed by atoms with Crippen molar-refractivity contribution in [2.45, 2.75) is 44.2 Å². The minimum atomic E-state index is -3.55. The summed E-state index contributed by atoms with van der Waals surface area (Å²) in [7, 11) is 0. The molecule has 0 saturated carbocycles. The number of halogens is 3. The van der Waals surface area contributed by atoms with Crippen molar-refractivity contribution >= 4 is 5.84 Å². The molecular weight excluding hydrogens is 607 g/mol. The summed E-state index contributed by atoms with van der Waals surface area (Å²) in [5.41, 5.74) is 3.20. The fourth-order valence-corrected chi connectivity index (χ4v) is 6.34. The zero-order valence-electron chi connectivity index (χ0n) is 27.1. The molecule has 0 aromatic heterocycles. The number of benzene rings is 5. The summed E-state index contributed by atoms with van der Waals surface area (Å²) in [5.74, 6) is -4.17. The van der Waals surface area contributed by atoms with Crippen LogP contribution in [0.1, 0.15) is 57.0 Å². The maximum atomic E-state index is 16.2. The number of amidine groups is 1. The Hall–Kier alpha value is -5.19. The summed E-state index contributed by atoms with van der Waals surface area (Å²) in [6, 6.07) is 39.3. The van der Waals surface area contributed by atoms with Crippen molar-refractivity contribution in [1.82, 2.24) is 5.32 Å². The minimum absolute atomic E-state index is 0.163. The zero-order chi connectivity index (χ0) is 33.9. The van der Waals surface area contributed by atoms with Crippen LogP contribution in [0.3, 0.4) is 0 Å². The molecule has 0 spiro atoms. The van der Waals surface area contributed by atoms with Gasteiger partial charge in [-0.15, -0.1) is 0 Å². The van der Waals surface area contributed by atoms with Crippen molar-refractivity contribution in [2.24, 2.45) is 4.99 Å². The molecule has 1 atom stereocenters. The standard InChI is InChI=1S/C41H36F3N3O/c1-28-9-18-34(19-10-28)41(33-7-5-4-6-8-33,35-20-11-29(2)12-21-35)47-38-26-48-27-40(43,44)39(3,46-38)36-24-32(17-22-37(36)42)23-30-13-15-31(25-45)16-14-30/h4-22,24H,23,26-27H2,1-3H3,(H,46,47)/t39-/m1/s1. The Kier molecular flexibility index (Phi) is 8.96. The molecule has 0 radical (unpaired) electrons. The van der Waals surface area contributed by atoms with Crippen molar-refractivity contribution in [3.63, 3.8) is 0 Å². The topological polar surface area (TPSA) is 57.4 Å². The Balaban J connectivity index is 1.51. The van der Waals surface area contributed by atoms with Gasteiger partial charge in [-0.1, -0.05) is 108 Å². The molecule has 0 unspecified atom stereocenters. The second-order valence-electron chi connectivity index (χ2n) is 12.6. The first-order valence-corrected chi connectivity index (χ1v) is 15.8. The molecule has 5 aromatic rings. The second kappa shape index (κ2) is 13.1. The average Bonchev–Trinajstić information content (AvgIpc) is 3.20. The van der Waals surface area contributed by atoms with Crippen LogP contribution in [0, 0.1) is 31.0 Å². The molecule has 1 N–H and O–H groups in total. The van der Waals surface area contributed by atoms with E-state index in [-0.39, 0.29) is 18.0 Å². The first-order valence-electron chi connectivity index (χ1n) is 15.8. The first-order chi connectivity index (χ1) is 23.0. The molecule has 0 aliphatic carbocycles. The van der Waals surface area contributed by atoms with Crippen LogP contribution in [0.2, 0.25) is 0 Å². The van der Waals surface area contributed by atoms with Crippen molar-refractivity contribution in [2.75, 3.05) is 13.2 Å². The Labute approximate surface area is 279 Å². The highest BCUT2D eigenvalue weighted by Crippen LogP contribution is 2.45. The number of hydrogen-bond acceptors (Lipinski definition) is 4. The fourth-order valence-electron chi connectivity index (χ4n) is 6.34. The zero-order valence-corrected chi connectivity index (χ0v) is 27.1. The van der Waals surface area contributed by atoms with E-state index in [2.05, 4.69) is 11.4 Å². The van der Waals surface area contributed by atoms with Gasteiger partial charge in [-0.2, -0.15) is 5.26 Å². The Morgan fingerprint density at radius 1 is 0.792 bits per heavy atom. The molecule has 1 aliphatic rings. The second-order valence-corrected chi connectivity index (χ2v) is 12.6. The third-order valence-electron chi connectivity index (χ3n) is 9.15. The first kappa shape index (κ1) is 32.7. The number of hydrogen-bond donors (Lipinski definition) is 1. The van der Waals surface area contributed by atoms with Crippen LogP contribution in [-0.4, -0.2) is 25.0 Å². The summed E-state index contributed by atoms with van der Waals surface area (Å²) in [6.45, 7) is 4.12. The van der Waals surface area contributed by atoms with Gasteiger partial charge in [0.15, 0.2) is 5.54 Å². The molecule has 0 amide bonds. The highest BCUT2D eigenvalue weighted by atomic mass is 19.3. The number of nitrogens with one attached hydrogen (secondary N) is 1. The maximum Gasteiger partial charge on any atom is 0.299 e. The third kappa shape index (κ3) is 6.24. The van der Waals surface area contributed by atoms with Gasteiger partial charge < -0.3 is 10.1 Å². The van der Waals surface area contributed by atoms with E-state index in [1.54, 1.807) is 30.3 Å². The monoisotopic (exact) mass is 643 g/mol. The molecule has 48 heavy (non-hydrogen) atoms. The number of nitrogens with zero attached hydrogens (tertiary/aromatic N) is 2. The van der Waals surface area contributed by atoms with Crippen LogP contribution in [0.4, 0.5) is 13.2 Å².